The maximum absolute atomic E-state index is 12.7. The molecule has 0 saturated carbocycles. The lowest BCUT2D eigenvalue weighted by Crippen LogP contribution is -2.43. The summed E-state index contributed by atoms with van der Waals surface area (Å²) in [5.74, 6) is 1.96. The first-order valence-electron chi connectivity index (χ1n) is 15.3. The Labute approximate surface area is 262 Å². The number of pyridine rings is 2. The lowest BCUT2D eigenvalue weighted by atomic mass is 10.2. The van der Waals surface area contributed by atoms with Gasteiger partial charge in [0.1, 0.15) is 11.6 Å². The average molecular weight is 620 g/mol. The number of imidazole rings is 1. The molecular formula is C30H33N15O. The quantitative estimate of drug-likeness (QED) is 0.152. The van der Waals surface area contributed by atoms with E-state index in [0.717, 1.165) is 80.5 Å². The molecule has 2 aliphatic rings. The lowest BCUT2D eigenvalue weighted by Gasteiger charge is -2.30. The predicted molar refractivity (Wildman–Crippen MR) is 177 cm³/mol. The molecule has 46 heavy (non-hydrogen) atoms. The van der Waals surface area contributed by atoms with Crippen LogP contribution in [0.25, 0.3) is 33.6 Å². The van der Waals surface area contributed by atoms with Gasteiger partial charge in [-0.3, -0.25) is 9.78 Å². The van der Waals surface area contributed by atoms with Crippen molar-refractivity contribution in [3.8, 4) is 11.4 Å². The van der Waals surface area contributed by atoms with Crippen LogP contribution in [0, 0.1) is 0 Å². The summed E-state index contributed by atoms with van der Waals surface area (Å²) in [5, 5.41) is 13.3. The highest BCUT2D eigenvalue weighted by atomic mass is 16.1. The number of aryl methyl sites for hydroxylation is 1. The van der Waals surface area contributed by atoms with E-state index in [-0.39, 0.29) is 17.0 Å². The molecule has 0 amide bonds. The SMILES string of the molecule is Cn1cnc2c(=O)[nH]c(Nc3cc(N4CCNCC4)cc(-c4cc5nc(Nc6cc(N7CCNCC7)ccn6)ncc5[nH]4)n3)nc21. The van der Waals surface area contributed by atoms with Crippen LogP contribution in [0.15, 0.2) is 53.8 Å². The van der Waals surface area contributed by atoms with Crippen molar-refractivity contribution in [3.05, 3.63) is 59.4 Å². The lowest BCUT2D eigenvalue weighted by molar-refractivity contribution is 0.589. The number of aromatic nitrogens is 9. The van der Waals surface area contributed by atoms with Crippen LogP contribution in [0.3, 0.4) is 0 Å². The second kappa shape index (κ2) is 11.7. The molecule has 0 aromatic carbocycles. The van der Waals surface area contributed by atoms with Gasteiger partial charge in [0, 0.05) is 89.1 Å². The van der Waals surface area contributed by atoms with Crippen molar-refractivity contribution in [1.82, 2.24) is 55.1 Å². The average Bonchev–Trinajstić information content (AvgIpc) is 3.69. The Morgan fingerprint density at radius 2 is 1.54 bits per heavy atom. The van der Waals surface area contributed by atoms with Gasteiger partial charge >= 0.3 is 0 Å². The van der Waals surface area contributed by atoms with Gasteiger partial charge in [-0.2, -0.15) is 4.98 Å². The third-order valence-electron chi connectivity index (χ3n) is 8.22. The molecule has 0 bridgehead atoms. The topological polar surface area (TPSA) is 186 Å². The zero-order chi connectivity index (χ0) is 31.0. The Morgan fingerprint density at radius 1 is 0.783 bits per heavy atom. The van der Waals surface area contributed by atoms with Crippen molar-refractivity contribution in [2.45, 2.75) is 0 Å². The molecule has 0 unspecified atom stereocenters. The molecular weight excluding hydrogens is 586 g/mol. The molecule has 0 aliphatic carbocycles. The van der Waals surface area contributed by atoms with E-state index in [0.29, 0.717) is 28.9 Å². The second-order valence-electron chi connectivity index (χ2n) is 11.3. The third-order valence-corrected chi connectivity index (χ3v) is 8.22. The molecule has 0 radical (unpaired) electrons. The van der Waals surface area contributed by atoms with Crippen LogP contribution in [0.2, 0.25) is 0 Å². The van der Waals surface area contributed by atoms with Gasteiger partial charge in [0.05, 0.1) is 34.9 Å². The minimum atomic E-state index is -0.323. The van der Waals surface area contributed by atoms with E-state index in [2.05, 4.69) is 67.0 Å². The Morgan fingerprint density at radius 3 is 2.35 bits per heavy atom. The van der Waals surface area contributed by atoms with Crippen molar-refractivity contribution in [3.63, 3.8) is 0 Å². The summed E-state index contributed by atoms with van der Waals surface area (Å²) in [7, 11) is 1.80. The van der Waals surface area contributed by atoms with Crippen LogP contribution in [-0.4, -0.2) is 96.8 Å². The number of nitrogens with zero attached hydrogens (tertiary/aromatic N) is 9. The van der Waals surface area contributed by atoms with Gasteiger partial charge in [0.2, 0.25) is 11.9 Å². The van der Waals surface area contributed by atoms with Crippen molar-refractivity contribution >= 4 is 57.1 Å². The molecule has 6 aromatic rings. The molecule has 6 aromatic heterocycles. The minimum Gasteiger partial charge on any atom is -0.369 e. The number of nitrogens with one attached hydrogen (secondary N) is 6. The highest BCUT2D eigenvalue weighted by Gasteiger charge is 2.17. The van der Waals surface area contributed by atoms with Crippen molar-refractivity contribution in [2.75, 3.05) is 72.8 Å². The summed E-state index contributed by atoms with van der Waals surface area (Å²) < 4.78 is 1.71. The number of aromatic amines is 2. The molecule has 2 fully saturated rings. The standard InChI is InChI=1S/C30H33N15O/c1-43-17-35-26-27(43)41-30(42-28(26)46)40-25-14-19(45-10-6-32-7-11-45)12-20(37-25)21-15-22-23(36-21)16-34-29(38-22)39-24-13-18(2-3-33-24)44-8-4-31-5-9-44/h2-3,12-17,31-32,36H,4-11H2,1H3,(H,33,34,38,39)(H2,37,40,41,42,46). The normalized spacial score (nSPS) is 15.5. The van der Waals surface area contributed by atoms with Gasteiger partial charge in [-0.15, -0.1) is 0 Å². The van der Waals surface area contributed by atoms with E-state index in [4.69, 9.17) is 9.97 Å². The van der Waals surface area contributed by atoms with Gasteiger partial charge in [-0.25, -0.2) is 24.9 Å². The van der Waals surface area contributed by atoms with Crippen LogP contribution in [0.4, 0.5) is 34.9 Å². The molecule has 0 atom stereocenters. The maximum atomic E-state index is 12.7. The molecule has 8 rings (SSSR count). The smallest absolute Gasteiger partial charge is 0.280 e. The second-order valence-corrected chi connectivity index (χ2v) is 11.3. The van der Waals surface area contributed by atoms with E-state index in [1.165, 1.54) is 0 Å². The molecule has 16 heteroatoms. The number of fused-ring (bicyclic) bond motifs is 2. The molecule has 234 valence electrons. The van der Waals surface area contributed by atoms with Crippen LogP contribution in [-0.2, 0) is 7.05 Å². The van der Waals surface area contributed by atoms with E-state index >= 15 is 0 Å². The summed E-state index contributed by atoms with van der Waals surface area (Å²) in [5.41, 5.74) is 5.56. The molecule has 16 nitrogen and oxygen atoms in total. The summed E-state index contributed by atoms with van der Waals surface area (Å²) in [4.78, 5) is 50.9. The summed E-state index contributed by atoms with van der Waals surface area (Å²) in [6.45, 7) is 7.31. The fourth-order valence-electron chi connectivity index (χ4n) is 5.86. The molecule has 8 heterocycles. The fourth-order valence-corrected chi connectivity index (χ4v) is 5.86. The molecule has 0 spiro atoms. The summed E-state index contributed by atoms with van der Waals surface area (Å²) >= 11 is 0. The highest BCUT2D eigenvalue weighted by Crippen LogP contribution is 2.30. The zero-order valence-electron chi connectivity index (χ0n) is 25.2. The van der Waals surface area contributed by atoms with Gasteiger partial charge in [-0.1, -0.05) is 0 Å². The first-order chi connectivity index (χ1) is 22.6. The van der Waals surface area contributed by atoms with E-state index in [1.54, 1.807) is 30.3 Å². The first-order valence-corrected chi connectivity index (χ1v) is 15.3. The summed E-state index contributed by atoms with van der Waals surface area (Å²) in [6.07, 6.45) is 5.12. The predicted octanol–water partition coefficient (Wildman–Crippen LogP) is 1.69. The zero-order valence-corrected chi connectivity index (χ0v) is 25.2. The van der Waals surface area contributed by atoms with E-state index in [1.807, 2.05) is 24.3 Å². The number of anilines is 6. The third kappa shape index (κ3) is 5.54. The molecule has 2 saturated heterocycles. The van der Waals surface area contributed by atoms with Gasteiger partial charge in [0.25, 0.3) is 5.56 Å². The maximum Gasteiger partial charge on any atom is 0.280 e. The molecule has 6 N–H and O–H groups in total. The van der Waals surface area contributed by atoms with Crippen LogP contribution < -0.4 is 36.6 Å². The van der Waals surface area contributed by atoms with Crippen molar-refractivity contribution in [1.29, 1.82) is 0 Å². The largest absolute Gasteiger partial charge is 0.369 e. The number of hydrogen-bond donors (Lipinski definition) is 6. The minimum absolute atomic E-state index is 0.282. The monoisotopic (exact) mass is 619 g/mol. The van der Waals surface area contributed by atoms with Crippen LogP contribution in [0.1, 0.15) is 0 Å². The number of piperazine rings is 2. The Hall–Kier alpha value is -5.61. The number of H-pyrrole nitrogens is 2. The Balaban J connectivity index is 1.10. The fraction of sp³-hybridized carbons (Fsp3) is 0.300. The van der Waals surface area contributed by atoms with Gasteiger partial charge < -0.3 is 40.6 Å². The first kappa shape index (κ1) is 27.9. The van der Waals surface area contributed by atoms with Gasteiger partial charge in [0.15, 0.2) is 11.2 Å². The van der Waals surface area contributed by atoms with Gasteiger partial charge in [-0.05, 0) is 18.2 Å². The van der Waals surface area contributed by atoms with E-state index < -0.39 is 0 Å². The van der Waals surface area contributed by atoms with Crippen LogP contribution in [0.5, 0.6) is 0 Å². The Kier molecular flexibility index (Phi) is 7.11. The number of rotatable bonds is 7. The van der Waals surface area contributed by atoms with Crippen molar-refractivity contribution in [2.24, 2.45) is 7.05 Å². The van der Waals surface area contributed by atoms with E-state index in [9.17, 15) is 4.79 Å². The number of hydrogen-bond acceptors (Lipinski definition) is 13. The van der Waals surface area contributed by atoms with Crippen molar-refractivity contribution < 1.29 is 0 Å². The highest BCUT2D eigenvalue weighted by molar-refractivity contribution is 5.83. The summed E-state index contributed by atoms with van der Waals surface area (Å²) in [6, 6.07) is 10.0. The van der Waals surface area contributed by atoms with Crippen LogP contribution >= 0.6 is 0 Å². The molecule has 2 aliphatic heterocycles. The Bertz CT molecular complexity index is 2090.